The smallest absolute Gasteiger partial charge is 0.293 e. The molecule has 0 saturated carbocycles. The van der Waals surface area contributed by atoms with Gasteiger partial charge in [0, 0.05) is 15.5 Å². The minimum Gasteiger partial charge on any atom is -0.494 e. The van der Waals surface area contributed by atoms with E-state index in [-0.39, 0.29) is 11.7 Å². The van der Waals surface area contributed by atoms with Crippen molar-refractivity contribution in [3.8, 4) is 5.75 Å². The Morgan fingerprint density at radius 2 is 2.00 bits per heavy atom. The van der Waals surface area contributed by atoms with Crippen LogP contribution in [-0.2, 0) is 0 Å². The second-order valence-corrected chi connectivity index (χ2v) is 5.81. The fraction of sp³-hybridized carbons (Fsp3) is 0.118. The molecule has 5 nitrogen and oxygen atoms in total. The van der Waals surface area contributed by atoms with Crippen LogP contribution in [0.4, 0.5) is 11.4 Å². The minimum atomic E-state index is -0.390. The van der Waals surface area contributed by atoms with Gasteiger partial charge in [-0.05, 0) is 49.4 Å². The molecule has 0 aliphatic heterocycles. The van der Waals surface area contributed by atoms with Gasteiger partial charge >= 0.3 is 0 Å². The first kappa shape index (κ1) is 15.4. The summed E-state index contributed by atoms with van der Waals surface area (Å²) >= 11 is 3.38. The van der Waals surface area contributed by atoms with E-state index in [2.05, 4.69) is 21.2 Å². The molecule has 0 aliphatic rings. The number of halogens is 1. The number of anilines is 2. The first-order valence-corrected chi connectivity index (χ1v) is 7.89. The maximum absolute atomic E-state index is 12.4. The predicted molar refractivity (Wildman–Crippen MR) is 93.9 cm³/mol. The summed E-state index contributed by atoms with van der Waals surface area (Å²) in [5, 5.41) is 3.47. The molecule has 118 valence electrons. The van der Waals surface area contributed by atoms with E-state index in [0.717, 1.165) is 10.2 Å². The number of furan rings is 1. The molecule has 3 rings (SSSR count). The second-order valence-electron chi connectivity index (χ2n) is 4.90. The summed E-state index contributed by atoms with van der Waals surface area (Å²) in [5.74, 6) is 0.463. The summed E-state index contributed by atoms with van der Waals surface area (Å²) in [6.45, 7) is 2.51. The molecule has 0 spiro atoms. The quantitative estimate of drug-likeness (QED) is 0.707. The molecule has 1 amide bonds. The third-order valence-corrected chi connectivity index (χ3v) is 3.81. The van der Waals surface area contributed by atoms with E-state index >= 15 is 0 Å². The van der Waals surface area contributed by atoms with Gasteiger partial charge in [0.1, 0.15) is 11.3 Å². The zero-order chi connectivity index (χ0) is 16.4. The molecular weight excluding hydrogens is 360 g/mol. The van der Waals surface area contributed by atoms with E-state index in [4.69, 9.17) is 14.9 Å². The van der Waals surface area contributed by atoms with Crippen molar-refractivity contribution in [1.29, 1.82) is 0 Å². The molecule has 3 aromatic rings. The van der Waals surface area contributed by atoms with E-state index in [1.54, 1.807) is 30.3 Å². The van der Waals surface area contributed by atoms with Gasteiger partial charge in [-0.15, -0.1) is 0 Å². The maximum Gasteiger partial charge on any atom is 0.293 e. The van der Waals surface area contributed by atoms with Crippen molar-refractivity contribution >= 4 is 44.2 Å². The van der Waals surface area contributed by atoms with Crippen LogP contribution >= 0.6 is 15.9 Å². The number of hydrogen-bond donors (Lipinski definition) is 2. The summed E-state index contributed by atoms with van der Waals surface area (Å²) in [6, 6.07) is 12.5. The lowest BCUT2D eigenvalue weighted by Gasteiger charge is -2.06. The number of hydrogen-bond acceptors (Lipinski definition) is 4. The minimum absolute atomic E-state index is 0.104. The molecule has 1 heterocycles. The number of nitrogens with two attached hydrogens (primary N) is 1. The summed E-state index contributed by atoms with van der Waals surface area (Å²) in [4.78, 5) is 12.4. The second kappa shape index (κ2) is 6.34. The van der Waals surface area contributed by atoms with Crippen LogP contribution < -0.4 is 15.8 Å². The van der Waals surface area contributed by atoms with Gasteiger partial charge < -0.3 is 20.2 Å². The number of carbonyl (C=O) groups is 1. The van der Waals surface area contributed by atoms with Gasteiger partial charge in [-0.1, -0.05) is 15.9 Å². The van der Waals surface area contributed by atoms with Crippen LogP contribution in [-0.4, -0.2) is 12.5 Å². The predicted octanol–water partition coefficient (Wildman–Crippen LogP) is 4.43. The highest BCUT2D eigenvalue weighted by atomic mass is 79.9. The van der Waals surface area contributed by atoms with Crippen molar-refractivity contribution in [2.75, 3.05) is 17.7 Å². The van der Waals surface area contributed by atoms with E-state index in [1.807, 2.05) is 19.1 Å². The van der Waals surface area contributed by atoms with Crippen LogP contribution in [0.25, 0.3) is 11.0 Å². The molecule has 0 saturated heterocycles. The average molecular weight is 375 g/mol. The summed E-state index contributed by atoms with van der Waals surface area (Å²) < 4.78 is 11.8. The highest BCUT2D eigenvalue weighted by molar-refractivity contribution is 9.10. The zero-order valence-corrected chi connectivity index (χ0v) is 14.0. The highest BCUT2D eigenvalue weighted by Crippen LogP contribution is 2.31. The third-order valence-electron chi connectivity index (χ3n) is 3.32. The molecule has 0 atom stereocenters. The van der Waals surface area contributed by atoms with Crippen LogP contribution in [0.2, 0.25) is 0 Å². The van der Waals surface area contributed by atoms with Crippen LogP contribution in [0, 0.1) is 0 Å². The Morgan fingerprint density at radius 3 is 2.70 bits per heavy atom. The monoisotopic (exact) mass is 374 g/mol. The fourth-order valence-electron chi connectivity index (χ4n) is 2.25. The number of nitrogens with one attached hydrogen (secondary N) is 1. The van der Waals surface area contributed by atoms with E-state index in [9.17, 15) is 4.79 Å². The van der Waals surface area contributed by atoms with Crippen molar-refractivity contribution in [3.05, 3.63) is 52.7 Å². The van der Waals surface area contributed by atoms with Crippen molar-refractivity contribution < 1.29 is 13.9 Å². The van der Waals surface area contributed by atoms with Gasteiger partial charge in [0.05, 0.1) is 12.3 Å². The van der Waals surface area contributed by atoms with Crippen LogP contribution in [0.3, 0.4) is 0 Å². The van der Waals surface area contributed by atoms with Crippen molar-refractivity contribution in [2.24, 2.45) is 0 Å². The molecule has 0 radical (unpaired) electrons. The number of amides is 1. The third kappa shape index (κ3) is 3.17. The Labute approximate surface area is 141 Å². The van der Waals surface area contributed by atoms with E-state index < -0.39 is 0 Å². The first-order valence-electron chi connectivity index (χ1n) is 7.10. The fourth-order valence-corrected chi connectivity index (χ4v) is 2.61. The molecule has 6 heteroatoms. The largest absolute Gasteiger partial charge is 0.494 e. The lowest BCUT2D eigenvalue weighted by atomic mass is 10.2. The SMILES string of the molecule is CCOc1ccc(NC(=O)c2oc3ccc(Br)cc3c2N)cc1. The van der Waals surface area contributed by atoms with Crippen LogP contribution in [0.5, 0.6) is 5.75 Å². The number of nitrogen functional groups attached to an aromatic ring is 1. The first-order chi connectivity index (χ1) is 11.1. The Morgan fingerprint density at radius 1 is 1.26 bits per heavy atom. The Bertz CT molecular complexity index is 856. The van der Waals surface area contributed by atoms with Gasteiger partial charge in [0.25, 0.3) is 5.91 Å². The molecule has 23 heavy (non-hydrogen) atoms. The number of ether oxygens (including phenoxy) is 1. The van der Waals surface area contributed by atoms with Gasteiger partial charge in [0.15, 0.2) is 0 Å². The van der Waals surface area contributed by atoms with E-state index in [0.29, 0.717) is 29.0 Å². The number of benzene rings is 2. The molecular formula is C17H15BrN2O3. The molecule has 0 fully saturated rings. The van der Waals surface area contributed by atoms with Crippen molar-refractivity contribution in [2.45, 2.75) is 6.92 Å². The normalized spacial score (nSPS) is 10.7. The average Bonchev–Trinajstić information content (AvgIpc) is 2.86. The topological polar surface area (TPSA) is 77.5 Å². The zero-order valence-electron chi connectivity index (χ0n) is 12.4. The Balaban J connectivity index is 1.84. The Kier molecular flexibility index (Phi) is 4.25. The van der Waals surface area contributed by atoms with Gasteiger partial charge in [0.2, 0.25) is 5.76 Å². The molecule has 1 aromatic heterocycles. The summed E-state index contributed by atoms with van der Waals surface area (Å²) in [7, 11) is 0. The summed E-state index contributed by atoms with van der Waals surface area (Å²) in [6.07, 6.45) is 0. The number of fused-ring (bicyclic) bond motifs is 1. The van der Waals surface area contributed by atoms with Gasteiger partial charge in [-0.25, -0.2) is 0 Å². The standard InChI is InChI=1S/C17H15BrN2O3/c1-2-22-12-6-4-11(5-7-12)20-17(21)16-15(19)13-9-10(18)3-8-14(13)23-16/h3-9H,2,19H2,1H3,(H,20,21). The maximum atomic E-state index is 12.4. The number of carbonyl (C=O) groups excluding carboxylic acids is 1. The molecule has 0 aliphatic carbocycles. The lowest BCUT2D eigenvalue weighted by molar-refractivity contribution is 0.1000. The van der Waals surface area contributed by atoms with Gasteiger partial charge in [-0.2, -0.15) is 0 Å². The van der Waals surface area contributed by atoms with Crippen molar-refractivity contribution in [3.63, 3.8) is 0 Å². The van der Waals surface area contributed by atoms with Crippen molar-refractivity contribution in [1.82, 2.24) is 0 Å². The molecule has 0 bridgehead atoms. The molecule has 3 N–H and O–H groups in total. The number of rotatable bonds is 4. The van der Waals surface area contributed by atoms with Crippen LogP contribution in [0.1, 0.15) is 17.5 Å². The van der Waals surface area contributed by atoms with Crippen LogP contribution in [0.15, 0.2) is 51.4 Å². The van der Waals surface area contributed by atoms with E-state index in [1.165, 1.54) is 0 Å². The molecule has 0 unspecified atom stereocenters. The summed E-state index contributed by atoms with van der Waals surface area (Å²) in [5.41, 5.74) is 7.56. The Hall–Kier alpha value is -2.47. The lowest BCUT2D eigenvalue weighted by Crippen LogP contribution is -2.12. The van der Waals surface area contributed by atoms with Gasteiger partial charge in [-0.3, -0.25) is 4.79 Å². The molecule has 2 aromatic carbocycles. The highest BCUT2D eigenvalue weighted by Gasteiger charge is 2.18.